The second-order valence-electron chi connectivity index (χ2n) is 3.32. The van der Waals surface area contributed by atoms with Gasteiger partial charge in [0.1, 0.15) is 0 Å². The number of hydrogen-bond donors (Lipinski definition) is 2. The molecule has 0 spiro atoms. The molecule has 1 rings (SSSR count). The summed E-state index contributed by atoms with van der Waals surface area (Å²) in [6.07, 6.45) is 4.39. The first kappa shape index (κ1) is 13.5. The fourth-order valence-electron chi connectivity index (χ4n) is 1.03. The molecule has 1 aromatic heterocycles. The van der Waals surface area contributed by atoms with Gasteiger partial charge in [-0.3, -0.25) is 9.71 Å². The summed E-state index contributed by atoms with van der Waals surface area (Å²) in [6, 6.07) is 3.37. The zero-order valence-electron chi connectivity index (χ0n) is 9.93. The Kier molecular flexibility index (Phi) is 6.09. The van der Waals surface area contributed by atoms with Crippen LogP contribution in [0.15, 0.2) is 29.6 Å². The first-order chi connectivity index (χ1) is 8.24. The van der Waals surface area contributed by atoms with Gasteiger partial charge in [-0.15, -0.1) is 0 Å². The molecule has 1 heterocycles. The largest absolute Gasteiger partial charge is 0.345 e. The summed E-state index contributed by atoms with van der Waals surface area (Å²) in [5, 5.41) is 3.99. The van der Waals surface area contributed by atoms with Crippen LogP contribution < -0.4 is 10.1 Å². The van der Waals surface area contributed by atoms with Gasteiger partial charge in [-0.2, -0.15) is 5.10 Å². The minimum absolute atomic E-state index is 0.308. The van der Waals surface area contributed by atoms with Crippen LogP contribution in [-0.4, -0.2) is 22.5 Å². The number of rotatable bonds is 5. The van der Waals surface area contributed by atoms with E-state index >= 15 is 0 Å². The molecule has 0 aliphatic heterocycles. The number of urea groups is 1. The molecule has 0 saturated heterocycles. The SMILES string of the molecule is CCCSNC(=O)N/N=C(\C)c1ccncc1. The first-order valence-electron chi connectivity index (χ1n) is 5.36. The second kappa shape index (κ2) is 7.67. The lowest BCUT2D eigenvalue weighted by Crippen LogP contribution is -2.28. The van der Waals surface area contributed by atoms with Gasteiger partial charge in [0.15, 0.2) is 0 Å². The number of carbonyl (C=O) groups is 1. The number of hydrogen-bond acceptors (Lipinski definition) is 4. The normalized spacial score (nSPS) is 11.1. The van der Waals surface area contributed by atoms with Gasteiger partial charge in [0.05, 0.1) is 5.71 Å². The maximum atomic E-state index is 11.3. The molecule has 0 aliphatic carbocycles. The Morgan fingerprint density at radius 1 is 1.47 bits per heavy atom. The predicted octanol–water partition coefficient (Wildman–Crippen LogP) is 2.16. The van der Waals surface area contributed by atoms with Crippen molar-refractivity contribution in [2.75, 3.05) is 5.75 Å². The number of nitrogens with one attached hydrogen (secondary N) is 2. The molecule has 0 atom stereocenters. The maximum Gasteiger partial charge on any atom is 0.345 e. The molecule has 0 fully saturated rings. The van der Waals surface area contributed by atoms with Crippen molar-refractivity contribution in [2.24, 2.45) is 5.10 Å². The van der Waals surface area contributed by atoms with E-state index in [9.17, 15) is 4.79 Å². The van der Waals surface area contributed by atoms with Crippen molar-refractivity contribution in [2.45, 2.75) is 20.3 Å². The van der Waals surface area contributed by atoms with E-state index in [1.54, 1.807) is 12.4 Å². The molecule has 2 amide bonds. The molecule has 1 aromatic rings. The van der Waals surface area contributed by atoms with Crippen LogP contribution in [-0.2, 0) is 0 Å². The van der Waals surface area contributed by atoms with Crippen LogP contribution in [0.5, 0.6) is 0 Å². The molecule has 0 bridgehead atoms. The Bertz CT molecular complexity index is 380. The Morgan fingerprint density at radius 3 is 2.82 bits per heavy atom. The highest BCUT2D eigenvalue weighted by atomic mass is 32.2. The molecule has 0 unspecified atom stereocenters. The lowest BCUT2D eigenvalue weighted by atomic mass is 10.2. The first-order valence-corrected chi connectivity index (χ1v) is 6.35. The number of nitrogens with zero attached hydrogens (tertiary/aromatic N) is 2. The van der Waals surface area contributed by atoms with Gasteiger partial charge < -0.3 is 0 Å². The second-order valence-corrected chi connectivity index (χ2v) is 4.23. The molecule has 0 saturated carbocycles. The molecular formula is C11H16N4OS. The minimum Gasteiger partial charge on any atom is -0.280 e. The summed E-state index contributed by atoms with van der Waals surface area (Å²) in [5.41, 5.74) is 4.11. The third-order valence-electron chi connectivity index (χ3n) is 1.89. The summed E-state index contributed by atoms with van der Waals surface area (Å²) in [5.74, 6) is 0.889. The number of carbonyl (C=O) groups excluding carboxylic acids is 1. The Morgan fingerprint density at radius 2 is 2.18 bits per heavy atom. The fourth-order valence-corrected chi connectivity index (χ4v) is 1.52. The predicted molar refractivity (Wildman–Crippen MR) is 70.9 cm³/mol. The van der Waals surface area contributed by atoms with Crippen LogP contribution >= 0.6 is 11.9 Å². The van der Waals surface area contributed by atoms with Crippen LogP contribution in [0.1, 0.15) is 25.8 Å². The standard InChI is InChI=1S/C11H16N4OS/c1-3-8-17-15-11(16)14-13-9(2)10-4-6-12-7-5-10/h4-7H,3,8H2,1-2H3,(H2,14,15,16)/b13-9+. The third-order valence-corrected chi connectivity index (χ3v) is 2.84. The number of pyridine rings is 1. The average molecular weight is 252 g/mol. The van der Waals surface area contributed by atoms with E-state index in [-0.39, 0.29) is 6.03 Å². The van der Waals surface area contributed by atoms with Gasteiger partial charge in [-0.25, -0.2) is 10.2 Å². The van der Waals surface area contributed by atoms with Crippen molar-refractivity contribution in [1.82, 2.24) is 15.1 Å². The zero-order chi connectivity index (χ0) is 12.5. The maximum absolute atomic E-state index is 11.3. The summed E-state index contributed by atoms with van der Waals surface area (Å²) in [6.45, 7) is 3.88. The van der Waals surface area contributed by atoms with E-state index < -0.39 is 0 Å². The molecular weight excluding hydrogens is 236 g/mol. The molecule has 5 nitrogen and oxygen atoms in total. The van der Waals surface area contributed by atoms with Crippen LogP contribution in [0, 0.1) is 0 Å². The highest BCUT2D eigenvalue weighted by molar-refractivity contribution is 7.97. The van der Waals surface area contributed by atoms with Crippen LogP contribution in [0.4, 0.5) is 4.79 Å². The van der Waals surface area contributed by atoms with Crippen molar-refractivity contribution >= 4 is 23.7 Å². The summed E-state index contributed by atoms with van der Waals surface area (Å²) in [7, 11) is 0. The molecule has 0 aromatic carbocycles. The molecule has 17 heavy (non-hydrogen) atoms. The Balaban J connectivity index is 2.40. The monoisotopic (exact) mass is 252 g/mol. The molecule has 92 valence electrons. The lowest BCUT2D eigenvalue weighted by Gasteiger charge is -2.03. The molecule has 0 radical (unpaired) electrons. The zero-order valence-corrected chi connectivity index (χ0v) is 10.8. The van der Waals surface area contributed by atoms with Crippen LogP contribution in [0.3, 0.4) is 0 Å². The lowest BCUT2D eigenvalue weighted by molar-refractivity contribution is 0.247. The fraction of sp³-hybridized carbons (Fsp3) is 0.364. The van der Waals surface area contributed by atoms with Gasteiger partial charge in [-0.1, -0.05) is 6.92 Å². The minimum atomic E-state index is -0.308. The third kappa shape index (κ3) is 5.35. The Hall–Kier alpha value is -1.56. The topological polar surface area (TPSA) is 66.4 Å². The molecule has 6 heteroatoms. The van der Waals surface area contributed by atoms with Crippen molar-refractivity contribution < 1.29 is 4.79 Å². The van der Waals surface area contributed by atoms with E-state index in [0.29, 0.717) is 0 Å². The molecule has 2 N–H and O–H groups in total. The van der Waals surface area contributed by atoms with E-state index in [1.807, 2.05) is 19.1 Å². The smallest absolute Gasteiger partial charge is 0.280 e. The number of amides is 2. The van der Waals surface area contributed by atoms with Crippen LogP contribution in [0.25, 0.3) is 0 Å². The van der Waals surface area contributed by atoms with E-state index in [2.05, 4.69) is 27.2 Å². The van der Waals surface area contributed by atoms with Crippen molar-refractivity contribution in [1.29, 1.82) is 0 Å². The number of aromatic nitrogens is 1. The van der Waals surface area contributed by atoms with Crippen molar-refractivity contribution in [3.05, 3.63) is 30.1 Å². The number of hydrazone groups is 1. The van der Waals surface area contributed by atoms with Gasteiger partial charge in [0.25, 0.3) is 0 Å². The summed E-state index contributed by atoms with van der Waals surface area (Å²) >= 11 is 1.37. The molecule has 0 aliphatic rings. The van der Waals surface area contributed by atoms with Crippen molar-refractivity contribution in [3.8, 4) is 0 Å². The Labute approximate surface area is 105 Å². The summed E-state index contributed by atoms with van der Waals surface area (Å²) in [4.78, 5) is 15.2. The van der Waals surface area contributed by atoms with E-state index in [0.717, 1.165) is 23.4 Å². The van der Waals surface area contributed by atoms with Crippen LogP contribution in [0.2, 0.25) is 0 Å². The van der Waals surface area contributed by atoms with Crippen molar-refractivity contribution in [3.63, 3.8) is 0 Å². The highest BCUT2D eigenvalue weighted by Crippen LogP contribution is 1.98. The quantitative estimate of drug-likeness (QED) is 0.365. The van der Waals surface area contributed by atoms with E-state index in [1.165, 1.54) is 11.9 Å². The highest BCUT2D eigenvalue weighted by Gasteiger charge is 1.99. The summed E-state index contributed by atoms with van der Waals surface area (Å²) < 4.78 is 2.64. The average Bonchev–Trinajstić information content (AvgIpc) is 2.37. The van der Waals surface area contributed by atoms with E-state index in [4.69, 9.17) is 0 Å². The van der Waals surface area contributed by atoms with Gasteiger partial charge in [-0.05, 0) is 37.4 Å². The van der Waals surface area contributed by atoms with Gasteiger partial charge >= 0.3 is 6.03 Å². The van der Waals surface area contributed by atoms with Gasteiger partial charge in [0, 0.05) is 23.7 Å². The van der Waals surface area contributed by atoms with Gasteiger partial charge in [0.2, 0.25) is 0 Å².